The van der Waals surface area contributed by atoms with E-state index in [0.29, 0.717) is 28.8 Å². The van der Waals surface area contributed by atoms with Crippen LogP contribution in [0.1, 0.15) is 36.7 Å². The molecular formula is C21H22F3N7O. The van der Waals surface area contributed by atoms with E-state index in [1.54, 1.807) is 26.1 Å². The SMILES string of the molecule is CCC=C(/C=C\C(=NC)OCc1c(C)nnn1-c1ccc(C(F)F)cn1)n1cc(F)cn1. The molecule has 0 spiro atoms. The van der Waals surface area contributed by atoms with Gasteiger partial charge in [0.2, 0.25) is 5.90 Å². The molecule has 0 radical (unpaired) electrons. The Bertz CT molecular complexity index is 1130. The van der Waals surface area contributed by atoms with Crippen LogP contribution < -0.4 is 0 Å². The minimum atomic E-state index is -2.60. The van der Waals surface area contributed by atoms with E-state index in [4.69, 9.17) is 4.74 Å². The van der Waals surface area contributed by atoms with Crippen LogP contribution in [-0.2, 0) is 11.3 Å². The van der Waals surface area contributed by atoms with Crippen molar-refractivity contribution in [3.8, 4) is 5.82 Å². The second kappa shape index (κ2) is 10.5. The maximum atomic E-state index is 13.3. The Morgan fingerprint density at radius 3 is 2.66 bits per heavy atom. The summed E-state index contributed by atoms with van der Waals surface area (Å²) in [5.74, 6) is 0.216. The molecule has 0 saturated heterocycles. The van der Waals surface area contributed by atoms with E-state index in [1.165, 1.54) is 27.7 Å². The van der Waals surface area contributed by atoms with E-state index >= 15 is 0 Å². The number of nitrogens with zero attached hydrogens (tertiary/aromatic N) is 7. The lowest BCUT2D eigenvalue weighted by atomic mass is 10.3. The number of allylic oxidation sites excluding steroid dienone is 3. The Hall–Kier alpha value is -3.76. The second-order valence-electron chi connectivity index (χ2n) is 6.61. The van der Waals surface area contributed by atoms with Gasteiger partial charge in [0, 0.05) is 24.9 Å². The molecule has 0 fully saturated rings. The molecule has 11 heteroatoms. The van der Waals surface area contributed by atoms with Gasteiger partial charge in [-0.3, -0.25) is 4.99 Å². The van der Waals surface area contributed by atoms with Crippen LogP contribution in [0.4, 0.5) is 13.2 Å². The molecule has 0 bridgehead atoms. The van der Waals surface area contributed by atoms with E-state index in [2.05, 4.69) is 25.4 Å². The minimum Gasteiger partial charge on any atom is -0.471 e. The predicted octanol–water partition coefficient (Wildman–Crippen LogP) is 4.30. The maximum Gasteiger partial charge on any atom is 0.265 e. The Morgan fingerprint density at radius 1 is 1.25 bits per heavy atom. The molecule has 3 heterocycles. The first-order valence-corrected chi connectivity index (χ1v) is 9.77. The lowest BCUT2D eigenvalue weighted by Gasteiger charge is -2.09. The van der Waals surface area contributed by atoms with Gasteiger partial charge in [0.25, 0.3) is 6.43 Å². The van der Waals surface area contributed by atoms with Crippen molar-refractivity contribution in [1.82, 2.24) is 29.8 Å². The number of pyridine rings is 1. The van der Waals surface area contributed by atoms with Crippen LogP contribution in [0.5, 0.6) is 0 Å². The second-order valence-corrected chi connectivity index (χ2v) is 6.61. The highest BCUT2D eigenvalue weighted by Gasteiger charge is 2.15. The first-order valence-electron chi connectivity index (χ1n) is 9.77. The number of halogens is 3. The van der Waals surface area contributed by atoms with Crippen LogP contribution in [0.3, 0.4) is 0 Å². The summed E-state index contributed by atoms with van der Waals surface area (Å²) in [4.78, 5) is 8.15. The molecule has 168 valence electrons. The molecule has 0 atom stereocenters. The topological polar surface area (TPSA) is 83.0 Å². The molecule has 0 aromatic carbocycles. The van der Waals surface area contributed by atoms with Gasteiger partial charge in [-0.25, -0.2) is 22.8 Å². The summed E-state index contributed by atoms with van der Waals surface area (Å²) in [6.07, 6.45) is 6.86. The highest BCUT2D eigenvalue weighted by molar-refractivity contribution is 5.89. The Labute approximate surface area is 182 Å². The molecule has 3 aromatic rings. The van der Waals surface area contributed by atoms with Crippen LogP contribution in [0, 0.1) is 12.7 Å². The number of aromatic nitrogens is 6. The monoisotopic (exact) mass is 445 g/mol. The van der Waals surface area contributed by atoms with Crippen LogP contribution in [0.15, 0.2) is 53.9 Å². The largest absolute Gasteiger partial charge is 0.471 e. The maximum absolute atomic E-state index is 13.3. The van der Waals surface area contributed by atoms with Gasteiger partial charge in [-0.15, -0.1) is 5.10 Å². The van der Waals surface area contributed by atoms with Crippen molar-refractivity contribution in [3.63, 3.8) is 0 Å². The standard InChI is InChI=1S/C21H22F3N7O/c1-4-5-17(30-12-16(22)11-27-30)7-9-20(25-3)32-13-18-14(2)28-29-31(18)19-8-6-15(10-26-19)21(23)24/h5-12,21H,4,13H2,1-3H3/b9-7-,17-5?,25-20?. The number of aliphatic imine (C=N–C) groups is 1. The summed E-state index contributed by atoms with van der Waals surface area (Å²) < 4.78 is 47.5. The molecule has 0 N–H and O–H groups in total. The van der Waals surface area contributed by atoms with Crippen LogP contribution >= 0.6 is 0 Å². The lowest BCUT2D eigenvalue weighted by Crippen LogP contribution is -2.10. The van der Waals surface area contributed by atoms with E-state index < -0.39 is 12.2 Å². The van der Waals surface area contributed by atoms with Crippen LogP contribution in [-0.4, -0.2) is 42.7 Å². The third-order valence-electron chi connectivity index (χ3n) is 4.40. The molecule has 32 heavy (non-hydrogen) atoms. The Kier molecular flexibility index (Phi) is 7.53. The number of aryl methyl sites for hydroxylation is 1. The fourth-order valence-corrected chi connectivity index (χ4v) is 2.75. The average molecular weight is 445 g/mol. The van der Waals surface area contributed by atoms with Crippen molar-refractivity contribution in [2.75, 3.05) is 7.05 Å². The van der Waals surface area contributed by atoms with E-state index in [-0.39, 0.29) is 12.2 Å². The normalized spacial score (nSPS) is 12.8. The van der Waals surface area contributed by atoms with E-state index in [9.17, 15) is 13.2 Å². The van der Waals surface area contributed by atoms with Gasteiger partial charge < -0.3 is 4.74 Å². The van der Waals surface area contributed by atoms with Gasteiger partial charge in [-0.05, 0) is 31.6 Å². The number of hydrogen-bond donors (Lipinski definition) is 0. The minimum absolute atomic E-state index is 0.0668. The van der Waals surface area contributed by atoms with Gasteiger partial charge >= 0.3 is 0 Å². The van der Waals surface area contributed by atoms with Crippen LogP contribution in [0.2, 0.25) is 0 Å². The molecule has 0 saturated carbocycles. The fraction of sp³-hybridized carbons (Fsp3) is 0.286. The summed E-state index contributed by atoms with van der Waals surface area (Å²) >= 11 is 0. The van der Waals surface area contributed by atoms with E-state index in [0.717, 1.165) is 18.8 Å². The zero-order valence-electron chi connectivity index (χ0n) is 17.8. The smallest absolute Gasteiger partial charge is 0.265 e. The predicted molar refractivity (Wildman–Crippen MR) is 113 cm³/mol. The number of ether oxygens (including phenoxy) is 1. The highest BCUT2D eigenvalue weighted by Crippen LogP contribution is 2.19. The van der Waals surface area contributed by atoms with Gasteiger partial charge in [0.05, 0.1) is 23.8 Å². The lowest BCUT2D eigenvalue weighted by molar-refractivity contribution is 0.151. The summed E-state index contributed by atoms with van der Waals surface area (Å²) in [6.45, 7) is 3.78. The summed E-state index contributed by atoms with van der Waals surface area (Å²) in [5.41, 5.74) is 1.67. The van der Waals surface area contributed by atoms with Crippen LogP contribution in [0.25, 0.3) is 11.5 Å². The zero-order valence-corrected chi connectivity index (χ0v) is 17.8. The first-order chi connectivity index (χ1) is 15.4. The molecule has 0 unspecified atom stereocenters. The van der Waals surface area contributed by atoms with Gasteiger partial charge in [0.1, 0.15) is 12.3 Å². The molecule has 0 aliphatic heterocycles. The Morgan fingerprint density at radius 2 is 2.06 bits per heavy atom. The van der Waals surface area contributed by atoms with Crippen molar-refractivity contribution >= 4 is 11.6 Å². The Balaban J connectivity index is 1.75. The third-order valence-corrected chi connectivity index (χ3v) is 4.40. The van der Waals surface area contributed by atoms with Crippen molar-refractivity contribution in [2.24, 2.45) is 4.99 Å². The first kappa shape index (κ1) is 22.9. The van der Waals surface area contributed by atoms with Gasteiger partial charge in [-0.1, -0.05) is 18.2 Å². The summed E-state index contributed by atoms with van der Waals surface area (Å²) in [7, 11) is 1.57. The quantitative estimate of drug-likeness (QED) is 0.293. The molecule has 0 amide bonds. The molecule has 0 aliphatic rings. The zero-order chi connectivity index (χ0) is 23.1. The highest BCUT2D eigenvalue weighted by atomic mass is 19.3. The van der Waals surface area contributed by atoms with E-state index in [1.807, 2.05) is 13.0 Å². The van der Waals surface area contributed by atoms with Crippen molar-refractivity contribution in [1.29, 1.82) is 0 Å². The number of rotatable bonds is 8. The van der Waals surface area contributed by atoms with Crippen molar-refractivity contribution in [2.45, 2.75) is 33.3 Å². The van der Waals surface area contributed by atoms with Gasteiger partial charge in [0.15, 0.2) is 11.6 Å². The fourth-order valence-electron chi connectivity index (χ4n) is 2.75. The molecule has 0 aliphatic carbocycles. The van der Waals surface area contributed by atoms with Gasteiger partial charge in [-0.2, -0.15) is 9.78 Å². The van der Waals surface area contributed by atoms with Crippen molar-refractivity contribution < 1.29 is 17.9 Å². The van der Waals surface area contributed by atoms with Crippen molar-refractivity contribution in [3.05, 3.63) is 71.7 Å². The number of hydrogen-bond acceptors (Lipinski definition) is 6. The third kappa shape index (κ3) is 5.48. The summed E-state index contributed by atoms with van der Waals surface area (Å²) in [6, 6.07) is 2.73. The molecule has 8 nitrogen and oxygen atoms in total. The number of alkyl halides is 2. The molecule has 3 rings (SSSR count). The average Bonchev–Trinajstić information content (AvgIpc) is 3.38. The molecule has 3 aromatic heterocycles. The summed E-state index contributed by atoms with van der Waals surface area (Å²) in [5, 5.41) is 12.0. The molecular weight excluding hydrogens is 423 g/mol.